The first-order valence-corrected chi connectivity index (χ1v) is 14.8. The van der Waals surface area contributed by atoms with Gasteiger partial charge in [0, 0.05) is 26.7 Å². The Labute approximate surface area is 225 Å². The van der Waals surface area contributed by atoms with E-state index in [4.69, 9.17) is 4.98 Å². The van der Waals surface area contributed by atoms with Crippen molar-refractivity contribution in [2.75, 3.05) is 0 Å². The van der Waals surface area contributed by atoms with Crippen molar-refractivity contribution >= 4 is 72.2 Å². The van der Waals surface area contributed by atoms with Crippen LogP contribution in [-0.2, 0) is 4.57 Å². The first-order valence-electron chi connectivity index (χ1n) is 13.1. The monoisotopic (exact) mass is 518 g/mol. The lowest BCUT2D eigenvalue weighted by atomic mass is 9.99. The Morgan fingerprint density at radius 2 is 1.05 bits per heavy atom. The number of hydrogen-bond donors (Lipinski definition) is 0. The molecule has 39 heavy (non-hydrogen) atoms. The molecule has 0 radical (unpaired) electrons. The van der Waals surface area contributed by atoms with E-state index >= 15 is 4.57 Å². The number of imidazole rings is 1. The maximum Gasteiger partial charge on any atom is 0.171 e. The Balaban J connectivity index is 1.57. The molecule has 0 N–H and O–H groups in total. The molecule has 0 atom stereocenters. The fraction of sp³-hybridized carbons (Fsp3) is 0. The number of rotatable bonds is 3. The third-order valence-corrected chi connectivity index (χ3v) is 11.0. The van der Waals surface area contributed by atoms with Gasteiger partial charge >= 0.3 is 0 Å². The summed E-state index contributed by atoms with van der Waals surface area (Å²) < 4.78 is 17.6. The van der Waals surface area contributed by atoms with Gasteiger partial charge < -0.3 is 4.57 Å². The highest BCUT2D eigenvalue weighted by Crippen LogP contribution is 2.46. The minimum absolute atomic E-state index is 0.832. The van der Waals surface area contributed by atoms with Crippen LogP contribution in [0.2, 0.25) is 0 Å². The third kappa shape index (κ3) is 3.11. The molecule has 8 aromatic rings. The van der Waals surface area contributed by atoms with Crippen molar-refractivity contribution < 1.29 is 4.57 Å². The van der Waals surface area contributed by atoms with Crippen molar-refractivity contribution in [2.24, 2.45) is 0 Å². The van der Waals surface area contributed by atoms with Crippen LogP contribution in [0.5, 0.6) is 0 Å². The van der Waals surface area contributed by atoms with Crippen LogP contribution in [0.25, 0.3) is 49.1 Å². The third-order valence-electron chi connectivity index (χ3n) is 7.84. The lowest BCUT2D eigenvalue weighted by molar-refractivity contribution is 0.592. The van der Waals surface area contributed by atoms with Gasteiger partial charge in [0.05, 0.1) is 16.6 Å². The normalized spacial score (nSPS) is 12.2. The quantitative estimate of drug-likeness (QED) is 0.178. The van der Waals surface area contributed by atoms with Crippen LogP contribution in [0.3, 0.4) is 0 Å². The van der Waals surface area contributed by atoms with Crippen molar-refractivity contribution in [3.05, 3.63) is 140 Å². The second-order valence-corrected chi connectivity index (χ2v) is 12.7. The molecule has 6 aromatic carbocycles. The molecule has 184 valence electrons. The molecule has 4 heteroatoms. The Hall–Kier alpha value is -4.72. The fourth-order valence-electron chi connectivity index (χ4n) is 6.12. The Morgan fingerprint density at radius 1 is 0.487 bits per heavy atom. The van der Waals surface area contributed by atoms with Gasteiger partial charge in [0.15, 0.2) is 7.14 Å². The SMILES string of the molecule is O=P(c1ccccc1)(c1ccccc1)c1cccc2c1ccc1c3ccccc3n3c4ccccc4nc3c21. The maximum atomic E-state index is 15.4. The largest absolute Gasteiger partial charge is 0.309 e. The number of pyridine rings is 1. The second-order valence-electron chi connectivity index (χ2n) is 9.92. The van der Waals surface area contributed by atoms with E-state index in [1.54, 1.807) is 0 Å². The zero-order chi connectivity index (χ0) is 26.0. The summed E-state index contributed by atoms with van der Waals surface area (Å²) in [7, 11) is -3.16. The van der Waals surface area contributed by atoms with Gasteiger partial charge in [0.25, 0.3) is 0 Å². The lowest BCUT2D eigenvalue weighted by Gasteiger charge is -2.22. The summed E-state index contributed by atoms with van der Waals surface area (Å²) in [5.74, 6) is 0. The number of para-hydroxylation sites is 3. The predicted octanol–water partition coefficient (Wildman–Crippen LogP) is 7.59. The van der Waals surface area contributed by atoms with E-state index < -0.39 is 7.14 Å². The van der Waals surface area contributed by atoms with Crippen LogP contribution in [0.1, 0.15) is 0 Å². The van der Waals surface area contributed by atoms with Crippen LogP contribution < -0.4 is 15.9 Å². The minimum Gasteiger partial charge on any atom is -0.309 e. The predicted molar refractivity (Wildman–Crippen MR) is 165 cm³/mol. The van der Waals surface area contributed by atoms with Crippen LogP contribution in [0, 0.1) is 0 Å². The zero-order valence-corrected chi connectivity index (χ0v) is 21.9. The molecule has 0 aliphatic rings. The number of hydrogen-bond acceptors (Lipinski definition) is 2. The molecule has 0 amide bonds. The van der Waals surface area contributed by atoms with Gasteiger partial charge in [0.1, 0.15) is 5.65 Å². The van der Waals surface area contributed by atoms with Gasteiger partial charge in [0.2, 0.25) is 0 Å². The molecule has 0 aliphatic carbocycles. The molecule has 3 nitrogen and oxygen atoms in total. The maximum absolute atomic E-state index is 15.4. The standard InChI is InChI=1S/C35H23N2OP/c38-39(24-12-3-1-4-13-24,25-14-5-2-6-15-25)33-21-11-17-28-27(33)22-23-29-26-16-7-9-19-31(26)37-32-20-10-8-18-30(32)36-35(37)34(28)29/h1-23H. The smallest absolute Gasteiger partial charge is 0.171 e. The van der Waals surface area contributed by atoms with E-state index in [1.165, 1.54) is 5.39 Å². The lowest BCUT2D eigenvalue weighted by Crippen LogP contribution is -2.25. The average molecular weight is 519 g/mol. The fourth-order valence-corrected chi connectivity index (χ4v) is 8.99. The summed E-state index contributed by atoms with van der Waals surface area (Å²) in [6, 6.07) is 47.1. The molecule has 0 fully saturated rings. The molecule has 0 saturated carbocycles. The van der Waals surface area contributed by atoms with Crippen LogP contribution in [0.15, 0.2) is 140 Å². The van der Waals surface area contributed by atoms with Crippen molar-refractivity contribution in [2.45, 2.75) is 0 Å². The first kappa shape index (κ1) is 22.3. The van der Waals surface area contributed by atoms with Crippen LogP contribution >= 0.6 is 7.14 Å². The summed E-state index contributed by atoms with van der Waals surface area (Å²) in [5, 5.41) is 7.96. The highest BCUT2D eigenvalue weighted by molar-refractivity contribution is 7.85. The van der Waals surface area contributed by atoms with E-state index in [0.717, 1.165) is 59.7 Å². The Morgan fingerprint density at radius 3 is 1.79 bits per heavy atom. The van der Waals surface area contributed by atoms with E-state index in [2.05, 4.69) is 65.1 Å². The van der Waals surface area contributed by atoms with E-state index in [9.17, 15) is 0 Å². The second kappa shape index (κ2) is 8.39. The van der Waals surface area contributed by atoms with Gasteiger partial charge in [-0.25, -0.2) is 4.98 Å². The molecule has 0 bridgehead atoms. The molecule has 0 aliphatic heterocycles. The van der Waals surface area contributed by atoms with E-state index in [-0.39, 0.29) is 0 Å². The van der Waals surface area contributed by atoms with Crippen LogP contribution in [0.4, 0.5) is 0 Å². The van der Waals surface area contributed by atoms with Crippen molar-refractivity contribution in [3.63, 3.8) is 0 Å². The van der Waals surface area contributed by atoms with Gasteiger partial charge in [-0.05, 0) is 34.4 Å². The van der Waals surface area contributed by atoms with Crippen molar-refractivity contribution in [1.82, 2.24) is 9.38 Å². The molecule has 2 aromatic heterocycles. The molecule has 0 spiro atoms. The van der Waals surface area contributed by atoms with Crippen LogP contribution in [-0.4, -0.2) is 9.38 Å². The van der Waals surface area contributed by atoms with Crippen molar-refractivity contribution in [3.8, 4) is 0 Å². The average Bonchev–Trinajstić information content (AvgIpc) is 3.41. The zero-order valence-electron chi connectivity index (χ0n) is 21.0. The molecular weight excluding hydrogens is 495 g/mol. The summed E-state index contributed by atoms with van der Waals surface area (Å²) in [4.78, 5) is 5.15. The Kier molecular flexibility index (Phi) is 4.79. The highest BCUT2D eigenvalue weighted by atomic mass is 31.2. The first-order chi connectivity index (χ1) is 19.2. The minimum atomic E-state index is -3.16. The van der Waals surface area contributed by atoms with E-state index in [0.29, 0.717) is 0 Å². The summed E-state index contributed by atoms with van der Waals surface area (Å²) in [6.07, 6.45) is 0. The number of aromatic nitrogens is 2. The summed E-state index contributed by atoms with van der Waals surface area (Å²) in [5.41, 5.74) is 4.09. The molecule has 8 rings (SSSR count). The number of benzene rings is 6. The highest BCUT2D eigenvalue weighted by Gasteiger charge is 2.31. The van der Waals surface area contributed by atoms with E-state index in [1.807, 2.05) is 78.9 Å². The van der Waals surface area contributed by atoms with Gasteiger partial charge in [-0.3, -0.25) is 4.40 Å². The summed E-state index contributed by atoms with van der Waals surface area (Å²) >= 11 is 0. The molecule has 0 saturated heterocycles. The Bertz CT molecular complexity index is 2210. The summed E-state index contributed by atoms with van der Waals surface area (Å²) in [6.45, 7) is 0. The van der Waals surface area contributed by atoms with Crippen molar-refractivity contribution in [1.29, 1.82) is 0 Å². The van der Waals surface area contributed by atoms with Gasteiger partial charge in [-0.1, -0.05) is 121 Å². The number of fused-ring (bicyclic) bond motifs is 10. The van der Waals surface area contributed by atoms with Gasteiger partial charge in [-0.2, -0.15) is 0 Å². The molecular formula is C35H23N2OP. The number of nitrogens with zero attached hydrogens (tertiary/aromatic N) is 2. The molecule has 0 unspecified atom stereocenters. The topological polar surface area (TPSA) is 34.4 Å². The van der Waals surface area contributed by atoms with Gasteiger partial charge in [-0.15, -0.1) is 0 Å². The molecule has 2 heterocycles.